The van der Waals surface area contributed by atoms with E-state index < -0.39 is 55.5 Å². The third kappa shape index (κ3) is 3.52. The van der Waals surface area contributed by atoms with Crippen LogP contribution in [0.2, 0.25) is 0 Å². The molecular weight excluding hydrogens is 366 g/mol. The van der Waals surface area contributed by atoms with E-state index in [0.717, 1.165) is 6.33 Å². The summed E-state index contributed by atoms with van der Waals surface area (Å²) in [5.41, 5.74) is 0.188. The Labute approximate surface area is 150 Å². The van der Waals surface area contributed by atoms with Gasteiger partial charge in [0.15, 0.2) is 23.2 Å². The first-order valence-electron chi connectivity index (χ1n) is 7.80. The molecule has 0 aliphatic carbocycles. The minimum absolute atomic E-state index is 0.0693. The van der Waals surface area contributed by atoms with Crippen molar-refractivity contribution in [3.05, 3.63) is 12.7 Å². The number of nitrogens with one attached hydrogen (secondary N) is 1. The van der Waals surface area contributed by atoms with Gasteiger partial charge in [-0.05, 0) is 0 Å². The lowest BCUT2D eigenvalue weighted by Crippen LogP contribution is -2.44. The molecule has 0 radical (unpaired) electrons. The second-order valence-electron chi connectivity index (χ2n) is 5.87. The van der Waals surface area contributed by atoms with Gasteiger partial charge in [0, 0.05) is 12.4 Å². The molecule has 2 unspecified atom stereocenters. The molecule has 0 saturated carbocycles. The fourth-order valence-electron chi connectivity index (χ4n) is 2.78. The van der Waals surface area contributed by atoms with Crippen LogP contribution in [0.25, 0.3) is 11.2 Å². The molecule has 4 N–H and O–H groups in total. The maximum atomic E-state index is 11.1. The van der Waals surface area contributed by atoms with E-state index in [4.69, 9.17) is 4.74 Å². The van der Waals surface area contributed by atoms with Gasteiger partial charge in [-0.1, -0.05) is 0 Å². The SMILES string of the molecule is O=C([O-])CC(Nc1ncnc2c1ncn2[C@@H]1O[C@H](CO)[C@H](O)C1O)C(=O)[O-]. The van der Waals surface area contributed by atoms with Gasteiger partial charge in [-0.2, -0.15) is 0 Å². The molecule has 2 aromatic heterocycles. The van der Waals surface area contributed by atoms with Crippen LogP contribution in [-0.4, -0.2) is 77.7 Å². The predicted octanol–water partition coefficient (Wildman–Crippen LogP) is -4.89. The van der Waals surface area contributed by atoms with Crippen LogP contribution in [0, 0.1) is 0 Å². The summed E-state index contributed by atoms with van der Waals surface area (Å²) in [5.74, 6) is -3.35. The van der Waals surface area contributed by atoms with Crippen molar-refractivity contribution in [1.29, 1.82) is 0 Å². The summed E-state index contributed by atoms with van der Waals surface area (Å²) in [6.45, 7) is -0.514. The summed E-state index contributed by atoms with van der Waals surface area (Å²) in [7, 11) is 0. The molecule has 0 spiro atoms. The van der Waals surface area contributed by atoms with Crippen molar-refractivity contribution in [2.45, 2.75) is 37.0 Å². The summed E-state index contributed by atoms with van der Waals surface area (Å²) in [4.78, 5) is 33.7. The third-order valence-electron chi connectivity index (χ3n) is 4.12. The highest BCUT2D eigenvalue weighted by atomic mass is 16.6. The Bertz CT molecular complexity index is 857. The van der Waals surface area contributed by atoms with E-state index in [1.54, 1.807) is 0 Å². The van der Waals surface area contributed by atoms with Crippen molar-refractivity contribution in [1.82, 2.24) is 19.5 Å². The van der Waals surface area contributed by atoms with Crippen LogP contribution in [0.3, 0.4) is 0 Å². The number of fused-ring (bicyclic) bond motifs is 1. The number of aromatic nitrogens is 4. The fourth-order valence-corrected chi connectivity index (χ4v) is 2.78. The lowest BCUT2D eigenvalue weighted by atomic mass is 10.1. The molecule has 1 saturated heterocycles. The number of nitrogens with zero attached hydrogens (tertiary/aromatic N) is 4. The number of aliphatic hydroxyl groups excluding tert-OH is 3. The second kappa shape index (κ2) is 7.40. The standard InChI is InChI=1S/C14H17N5O8/c20-2-6-9(23)10(24)13(27-6)19-4-17-8-11(15-3-16-12(8)19)18-5(14(25)26)1-7(21)22/h3-6,9-10,13,20,23-24H,1-2H2,(H,21,22)(H,25,26)(H,15,16,18)/p-2/t5?,6-,9+,10?,13-/m1/s1. The first-order valence-corrected chi connectivity index (χ1v) is 7.80. The smallest absolute Gasteiger partial charge is 0.167 e. The molecule has 1 aliphatic rings. The molecule has 13 nitrogen and oxygen atoms in total. The second-order valence-corrected chi connectivity index (χ2v) is 5.87. The first kappa shape index (κ1) is 18.9. The highest BCUT2D eigenvalue weighted by molar-refractivity contribution is 5.87. The Morgan fingerprint density at radius 3 is 2.59 bits per heavy atom. The van der Waals surface area contributed by atoms with Crippen LogP contribution in [0.4, 0.5) is 5.82 Å². The maximum absolute atomic E-state index is 11.1. The molecule has 1 aliphatic heterocycles. The van der Waals surface area contributed by atoms with Gasteiger partial charge in [-0.15, -0.1) is 0 Å². The van der Waals surface area contributed by atoms with Crippen molar-refractivity contribution in [3.63, 3.8) is 0 Å². The average molecular weight is 381 g/mol. The lowest BCUT2D eigenvalue weighted by Gasteiger charge is -2.20. The van der Waals surface area contributed by atoms with E-state index >= 15 is 0 Å². The Hall–Kier alpha value is -2.87. The van der Waals surface area contributed by atoms with Crippen LogP contribution < -0.4 is 15.5 Å². The highest BCUT2D eigenvalue weighted by Gasteiger charge is 2.44. The van der Waals surface area contributed by atoms with E-state index in [2.05, 4.69) is 20.3 Å². The molecule has 2 aromatic rings. The summed E-state index contributed by atoms with van der Waals surface area (Å²) < 4.78 is 6.68. The van der Waals surface area contributed by atoms with E-state index in [1.165, 1.54) is 10.9 Å². The van der Waals surface area contributed by atoms with Gasteiger partial charge in [0.1, 0.15) is 24.6 Å². The minimum Gasteiger partial charge on any atom is -0.550 e. The number of carbonyl (C=O) groups is 2. The van der Waals surface area contributed by atoms with E-state index in [1.807, 2.05) is 0 Å². The van der Waals surface area contributed by atoms with Crippen molar-refractivity contribution in [3.8, 4) is 0 Å². The summed E-state index contributed by atoms with van der Waals surface area (Å²) in [6, 6.07) is -1.62. The molecule has 0 aromatic carbocycles. The first-order chi connectivity index (χ1) is 12.8. The van der Waals surface area contributed by atoms with E-state index in [9.17, 15) is 35.1 Å². The van der Waals surface area contributed by atoms with E-state index in [-0.39, 0.29) is 17.0 Å². The van der Waals surface area contributed by atoms with Crippen molar-refractivity contribution in [2.75, 3.05) is 11.9 Å². The fraction of sp³-hybridized carbons (Fsp3) is 0.500. The summed E-state index contributed by atoms with van der Waals surface area (Å²) >= 11 is 0. The number of carboxylic acids is 2. The van der Waals surface area contributed by atoms with Crippen LogP contribution in [0.1, 0.15) is 12.6 Å². The van der Waals surface area contributed by atoms with Crippen LogP contribution in [0.5, 0.6) is 0 Å². The maximum Gasteiger partial charge on any atom is 0.167 e. The average Bonchev–Trinajstić information content (AvgIpc) is 3.16. The number of rotatable bonds is 7. The van der Waals surface area contributed by atoms with Crippen LogP contribution >= 0.6 is 0 Å². The molecule has 3 heterocycles. The lowest BCUT2D eigenvalue weighted by molar-refractivity contribution is -0.316. The molecular formula is C14H15N5O8-2. The normalized spacial score (nSPS) is 26.2. The zero-order chi connectivity index (χ0) is 19.7. The number of aliphatic hydroxyl groups is 3. The summed E-state index contributed by atoms with van der Waals surface area (Å²) in [5, 5.41) is 53.4. The Kier molecular flexibility index (Phi) is 5.18. The van der Waals surface area contributed by atoms with Gasteiger partial charge >= 0.3 is 0 Å². The van der Waals surface area contributed by atoms with Gasteiger partial charge in [-0.3, -0.25) is 4.57 Å². The number of imidazole rings is 1. The molecule has 0 amide bonds. The Morgan fingerprint density at radius 2 is 2.00 bits per heavy atom. The largest absolute Gasteiger partial charge is 0.550 e. The topological polar surface area (TPSA) is 206 Å². The zero-order valence-electron chi connectivity index (χ0n) is 13.6. The molecule has 146 valence electrons. The zero-order valence-corrected chi connectivity index (χ0v) is 13.6. The van der Waals surface area contributed by atoms with Gasteiger partial charge < -0.3 is 45.2 Å². The van der Waals surface area contributed by atoms with E-state index in [0.29, 0.717) is 0 Å². The molecule has 1 fully saturated rings. The third-order valence-corrected chi connectivity index (χ3v) is 4.12. The monoisotopic (exact) mass is 381 g/mol. The molecule has 27 heavy (non-hydrogen) atoms. The van der Waals surface area contributed by atoms with Gasteiger partial charge in [0.05, 0.1) is 24.9 Å². The van der Waals surface area contributed by atoms with Gasteiger partial charge in [-0.25, -0.2) is 15.0 Å². The number of carboxylic acid groups (broad SMARTS) is 2. The quantitative estimate of drug-likeness (QED) is 0.356. The number of aliphatic carboxylic acids is 2. The molecule has 5 atom stereocenters. The van der Waals surface area contributed by atoms with Gasteiger partial charge in [0.2, 0.25) is 0 Å². The number of ether oxygens (including phenoxy) is 1. The van der Waals surface area contributed by atoms with Gasteiger partial charge in [0.25, 0.3) is 0 Å². The molecule has 0 bridgehead atoms. The number of hydrogen-bond acceptors (Lipinski definition) is 12. The van der Waals surface area contributed by atoms with Crippen LogP contribution in [0.15, 0.2) is 12.7 Å². The van der Waals surface area contributed by atoms with Crippen molar-refractivity contribution < 1.29 is 39.9 Å². The molecule has 3 rings (SSSR count). The van der Waals surface area contributed by atoms with Crippen LogP contribution in [-0.2, 0) is 14.3 Å². The number of hydrogen-bond donors (Lipinski definition) is 4. The molecule has 13 heteroatoms. The summed E-state index contributed by atoms with van der Waals surface area (Å²) in [6.07, 6.45) is -3.39. The predicted molar refractivity (Wildman–Crippen MR) is 80.4 cm³/mol. The number of carbonyl (C=O) groups excluding carboxylic acids is 2. The Balaban J connectivity index is 1.93. The van der Waals surface area contributed by atoms with Crippen molar-refractivity contribution in [2.24, 2.45) is 0 Å². The Morgan fingerprint density at radius 1 is 1.26 bits per heavy atom. The highest BCUT2D eigenvalue weighted by Crippen LogP contribution is 2.32. The minimum atomic E-state index is -1.67. The number of anilines is 1. The van der Waals surface area contributed by atoms with Crippen molar-refractivity contribution >= 4 is 28.9 Å².